The minimum Gasteiger partial charge on any atom is -0.479 e. The van der Waals surface area contributed by atoms with E-state index in [1.54, 1.807) is 6.92 Å². The van der Waals surface area contributed by atoms with Crippen molar-refractivity contribution in [3.8, 4) is 0 Å². The number of aliphatic hydroxyl groups is 3. The van der Waals surface area contributed by atoms with Gasteiger partial charge in [0.15, 0.2) is 5.79 Å². The maximum absolute atomic E-state index is 12.6. The summed E-state index contributed by atoms with van der Waals surface area (Å²) in [6.45, 7) is 1.57. The first-order valence-corrected chi connectivity index (χ1v) is 10.6. The van der Waals surface area contributed by atoms with Crippen molar-refractivity contribution in [1.82, 2.24) is 0 Å². The molecule has 12 heteroatoms. The van der Waals surface area contributed by atoms with Gasteiger partial charge in [0.2, 0.25) is 17.3 Å². The van der Waals surface area contributed by atoms with Crippen LogP contribution in [0.2, 0.25) is 0 Å². The number of ketones is 1. The molecule has 2 saturated heterocycles. The zero-order valence-electron chi connectivity index (χ0n) is 18.2. The largest absolute Gasteiger partial charge is 0.479 e. The molecule has 0 aliphatic carbocycles. The van der Waals surface area contributed by atoms with Gasteiger partial charge in [0.1, 0.15) is 18.0 Å². The average molecular weight is 482 g/mol. The second-order valence-electron chi connectivity index (χ2n) is 8.64. The van der Waals surface area contributed by atoms with Crippen LogP contribution in [0.1, 0.15) is 31.7 Å². The number of hydrogen-bond acceptors (Lipinski definition) is 9. The Morgan fingerprint density at radius 1 is 1.00 bits per heavy atom. The molecule has 7 atom stereocenters. The average Bonchev–Trinajstić information content (AvgIpc) is 2.99. The molecule has 2 bridgehead atoms. The second kappa shape index (κ2) is 9.04. The van der Waals surface area contributed by atoms with E-state index in [1.165, 1.54) is 0 Å². The summed E-state index contributed by atoms with van der Waals surface area (Å²) in [6.07, 6.45) is -7.38. The molecule has 0 spiro atoms. The Labute approximate surface area is 193 Å². The first kappa shape index (κ1) is 25.7. The van der Waals surface area contributed by atoms with Crippen LogP contribution in [-0.2, 0) is 35.1 Å². The van der Waals surface area contributed by atoms with Crippen molar-refractivity contribution in [1.29, 1.82) is 0 Å². The van der Waals surface area contributed by atoms with E-state index in [4.69, 9.17) is 9.47 Å². The molecule has 2 aliphatic heterocycles. The number of carboxylic acid groups (broad SMARTS) is 3. The number of ether oxygens (including phenoxy) is 2. The lowest BCUT2D eigenvalue weighted by atomic mass is 9.74. The summed E-state index contributed by atoms with van der Waals surface area (Å²) in [5, 5.41) is 60.5. The van der Waals surface area contributed by atoms with Crippen molar-refractivity contribution in [3.05, 3.63) is 35.9 Å². The minimum atomic E-state index is -3.78. The summed E-state index contributed by atoms with van der Waals surface area (Å²) in [5.41, 5.74) is -6.28. The first-order valence-electron chi connectivity index (χ1n) is 10.6. The predicted molar refractivity (Wildman–Crippen MR) is 109 cm³/mol. The number of rotatable bonds is 10. The standard InChI is InChI=1S/C22H26O12/c1-11(13(23)8-7-12-5-3-2-4-6-12)9-10-20-14(24)15(25)22(34-20,19(30)31)21(32,18(28)29)16(33-20)17(26)27/h2-6,11,14-16,24-25,32H,7-10H2,1H3,(H,26,27)(H,28,29)(H,30,31). The molecule has 34 heavy (non-hydrogen) atoms. The quantitative estimate of drug-likeness (QED) is 0.242. The van der Waals surface area contributed by atoms with Gasteiger partial charge < -0.3 is 40.1 Å². The van der Waals surface area contributed by atoms with E-state index in [2.05, 4.69) is 0 Å². The minimum absolute atomic E-state index is 0.0784. The van der Waals surface area contributed by atoms with Crippen LogP contribution >= 0.6 is 0 Å². The van der Waals surface area contributed by atoms with Crippen molar-refractivity contribution in [2.75, 3.05) is 0 Å². The Kier molecular flexibility index (Phi) is 6.84. The fourth-order valence-electron chi connectivity index (χ4n) is 4.56. The number of carbonyl (C=O) groups is 4. The molecule has 0 amide bonds. The molecule has 1 aromatic rings. The number of benzene rings is 1. The van der Waals surface area contributed by atoms with Gasteiger partial charge in [-0.25, -0.2) is 14.4 Å². The number of fused-ring (bicyclic) bond motifs is 2. The molecule has 2 heterocycles. The highest BCUT2D eigenvalue weighted by atomic mass is 16.8. The van der Waals surface area contributed by atoms with Crippen LogP contribution in [0.15, 0.2) is 30.3 Å². The highest BCUT2D eigenvalue weighted by molar-refractivity contribution is 5.97. The van der Waals surface area contributed by atoms with Gasteiger partial charge in [-0.3, -0.25) is 4.79 Å². The van der Waals surface area contributed by atoms with Crippen molar-refractivity contribution in [2.45, 2.75) is 67.9 Å². The Morgan fingerprint density at radius 2 is 1.62 bits per heavy atom. The molecule has 0 aromatic heterocycles. The van der Waals surface area contributed by atoms with E-state index in [-0.39, 0.29) is 18.6 Å². The molecule has 6 N–H and O–H groups in total. The van der Waals surface area contributed by atoms with E-state index in [0.29, 0.717) is 6.42 Å². The Morgan fingerprint density at radius 3 is 2.15 bits per heavy atom. The number of hydrogen-bond donors (Lipinski definition) is 6. The third-order valence-corrected chi connectivity index (χ3v) is 6.61. The molecular formula is C22H26O12. The lowest BCUT2D eigenvalue weighted by Crippen LogP contribution is -2.77. The van der Waals surface area contributed by atoms with E-state index in [0.717, 1.165) is 5.56 Å². The van der Waals surface area contributed by atoms with Crippen LogP contribution in [0.3, 0.4) is 0 Å². The Bertz CT molecular complexity index is 979. The summed E-state index contributed by atoms with van der Waals surface area (Å²) in [7, 11) is 0. The van der Waals surface area contributed by atoms with Crippen LogP contribution in [0, 0.1) is 5.92 Å². The summed E-state index contributed by atoms with van der Waals surface area (Å²) < 4.78 is 10.4. The van der Waals surface area contributed by atoms with Gasteiger partial charge in [-0.1, -0.05) is 37.3 Å². The maximum Gasteiger partial charge on any atom is 0.343 e. The van der Waals surface area contributed by atoms with Crippen LogP contribution in [0.25, 0.3) is 0 Å². The van der Waals surface area contributed by atoms with Crippen LogP contribution in [0.5, 0.6) is 0 Å². The van der Waals surface area contributed by atoms with Crippen LogP contribution < -0.4 is 0 Å². The summed E-state index contributed by atoms with van der Waals surface area (Å²) >= 11 is 0. The summed E-state index contributed by atoms with van der Waals surface area (Å²) in [4.78, 5) is 48.2. The van der Waals surface area contributed by atoms with Crippen molar-refractivity contribution < 1.29 is 59.3 Å². The van der Waals surface area contributed by atoms with E-state index >= 15 is 0 Å². The van der Waals surface area contributed by atoms with Crippen LogP contribution in [0.4, 0.5) is 0 Å². The number of aryl methyl sites for hydroxylation is 1. The van der Waals surface area contributed by atoms with Crippen molar-refractivity contribution >= 4 is 23.7 Å². The van der Waals surface area contributed by atoms with Crippen molar-refractivity contribution in [3.63, 3.8) is 0 Å². The highest BCUT2D eigenvalue weighted by Crippen LogP contribution is 2.54. The SMILES string of the molecule is CC(CCC12OC(C(=O)O)C(O)(C(=O)O)C(C(=O)O)(O1)C(O)C2O)C(=O)CCc1ccccc1. The molecule has 2 fully saturated rings. The smallest absolute Gasteiger partial charge is 0.343 e. The van der Waals surface area contributed by atoms with Gasteiger partial charge in [-0.2, -0.15) is 0 Å². The first-order chi connectivity index (χ1) is 15.8. The zero-order valence-corrected chi connectivity index (χ0v) is 18.2. The molecule has 3 rings (SSSR count). The van der Waals surface area contributed by atoms with E-state index in [9.17, 15) is 49.8 Å². The van der Waals surface area contributed by atoms with Gasteiger partial charge in [-0.15, -0.1) is 0 Å². The fraction of sp³-hybridized carbons (Fsp3) is 0.545. The fourth-order valence-corrected chi connectivity index (χ4v) is 4.56. The second-order valence-corrected chi connectivity index (χ2v) is 8.64. The van der Waals surface area contributed by atoms with Gasteiger partial charge in [0.05, 0.1) is 0 Å². The van der Waals surface area contributed by atoms with E-state index in [1.807, 2.05) is 30.3 Å². The third kappa shape index (κ3) is 3.77. The van der Waals surface area contributed by atoms with E-state index < -0.39 is 65.5 Å². The monoisotopic (exact) mass is 482 g/mol. The third-order valence-electron chi connectivity index (χ3n) is 6.61. The normalized spacial score (nSPS) is 35.5. The predicted octanol–water partition coefficient (Wildman–Crippen LogP) is -0.825. The molecule has 2 aliphatic rings. The summed E-state index contributed by atoms with van der Waals surface area (Å²) in [6, 6.07) is 9.22. The number of carbonyl (C=O) groups excluding carboxylic acids is 1. The number of carboxylic acids is 3. The lowest BCUT2D eigenvalue weighted by Gasteiger charge is -2.48. The maximum atomic E-state index is 12.6. The van der Waals surface area contributed by atoms with Crippen LogP contribution in [-0.4, -0.2) is 89.6 Å². The molecule has 12 nitrogen and oxygen atoms in total. The van der Waals surface area contributed by atoms with Gasteiger partial charge >= 0.3 is 17.9 Å². The topological polar surface area (TPSA) is 208 Å². The highest BCUT2D eigenvalue weighted by Gasteiger charge is 2.84. The number of aliphatic hydroxyl groups excluding tert-OH is 2. The van der Waals surface area contributed by atoms with Gasteiger partial charge in [-0.05, 0) is 18.4 Å². The molecule has 0 saturated carbocycles. The molecule has 1 aromatic carbocycles. The molecule has 186 valence electrons. The van der Waals surface area contributed by atoms with Gasteiger partial charge in [0, 0.05) is 18.8 Å². The van der Waals surface area contributed by atoms with Crippen molar-refractivity contribution in [2.24, 2.45) is 5.92 Å². The molecule has 0 radical (unpaired) electrons. The molecule has 7 unspecified atom stereocenters. The molecular weight excluding hydrogens is 456 g/mol. The summed E-state index contributed by atoms with van der Waals surface area (Å²) in [5.74, 6) is -9.91. The number of Topliss-reactive ketones (excluding diaryl/α,β-unsaturated/α-hetero) is 1. The zero-order chi connectivity index (χ0) is 25.5. The Balaban J connectivity index is 1.84. The Hall–Kier alpha value is -2.90. The lowest BCUT2D eigenvalue weighted by molar-refractivity contribution is -0.374. The van der Waals surface area contributed by atoms with Gasteiger partial charge in [0.25, 0.3) is 0 Å². The number of aliphatic carboxylic acids is 3.